The van der Waals surface area contributed by atoms with E-state index in [0.717, 1.165) is 30.0 Å². The molecule has 0 spiro atoms. The summed E-state index contributed by atoms with van der Waals surface area (Å²) in [5.41, 5.74) is 2.08. The third-order valence-corrected chi connectivity index (χ3v) is 4.42. The van der Waals surface area contributed by atoms with Gasteiger partial charge in [-0.1, -0.05) is 6.07 Å². The summed E-state index contributed by atoms with van der Waals surface area (Å²) in [6, 6.07) is 6.66. The molecule has 3 rings (SSSR count). The van der Waals surface area contributed by atoms with Gasteiger partial charge in [0.05, 0.1) is 5.69 Å². The van der Waals surface area contributed by atoms with E-state index in [1.165, 1.54) is 19.4 Å². The van der Waals surface area contributed by atoms with E-state index in [2.05, 4.69) is 11.9 Å². The Bertz CT molecular complexity index is 515. The maximum Gasteiger partial charge on any atom is 0.265 e. The SMILES string of the molecule is Cc1ccc2c(c1)OCC(=O)N2CCC1CCCN1C. The zero-order chi connectivity index (χ0) is 14.1. The van der Waals surface area contributed by atoms with Crippen LogP contribution in [0.4, 0.5) is 5.69 Å². The molecule has 2 aliphatic heterocycles. The van der Waals surface area contributed by atoms with Crippen molar-refractivity contribution in [3.05, 3.63) is 23.8 Å². The van der Waals surface area contributed by atoms with E-state index >= 15 is 0 Å². The average molecular weight is 274 g/mol. The fourth-order valence-electron chi connectivity index (χ4n) is 3.18. The number of nitrogens with zero attached hydrogens (tertiary/aromatic N) is 2. The zero-order valence-electron chi connectivity index (χ0n) is 12.3. The van der Waals surface area contributed by atoms with Gasteiger partial charge in [0.1, 0.15) is 5.75 Å². The molecule has 0 aliphatic carbocycles. The molecule has 1 fully saturated rings. The molecule has 1 amide bonds. The molecule has 0 N–H and O–H groups in total. The monoisotopic (exact) mass is 274 g/mol. The minimum Gasteiger partial charge on any atom is -0.482 e. The summed E-state index contributed by atoms with van der Waals surface area (Å²) in [5, 5.41) is 0. The van der Waals surface area contributed by atoms with Crippen molar-refractivity contribution in [2.75, 3.05) is 31.6 Å². The van der Waals surface area contributed by atoms with Gasteiger partial charge in [0, 0.05) is 12.6 Å². The van der Waals surface area contributed by atoms with Crippen LogP contribution in [-0.4, -0.2) is 43.6 Å². The van der Waals surface area contributed by atoms with Crippen molar-refractivity contribution in [2.45, 2.75) is 32.2 Å². The van der Waals surface area contributed by atoms with Crippen LogP contribution < -0.4 is 9.64 Å². The first-order valence-electron chi connectivity index (χ1n) is 7.39. The number of benzene rings is 1. The minimum atomic E-state index is 0.0713. The summed E-state index contributed by atoms with van der Waals surface area (Å²) in [4.78, 5) is 16.4. The Labute approximate surface area is 120 Å². The van der Waals surface area contributed by atoms with Crippen molar-refractivity contribution in [3.8, 4) is 5.75 Å². The fraction of sp³-hybridized carbons (Fsp3) is 0.562. The standard InChI is InChI=1S/C16H22N2O2/c1-12-5-6-14-15(10-12)20-11-16(19)18(14)9-7-13-4-3-8-17(13)2/h5-6,10,13H,3-4,7-9,11H2,1-2H3. The fourth-order valence-corrected chi connectivity index (χ4v) is 3.18. The second-order valence-corrected chi connectivity index (χ2v) is 5.87. The number of hydrogen-bond acceptors (Lipinski definition) is 3. The molecule has 108 valence electrons. The van der Waals surface area contributed by atoms with Gasteiger partial charge in [0.25, 0.3) is 5.91 Å². The Kier molecular flexibility index (Phi) is 3.66. The van der Waals surface area contributed by atoms with E-state index in [1.807, 2.05) is 30.0 Å². The Morgan fingerprint density at radius 1 is 1.40 bits per heavy atom. The predicted molar refractivity (Wildman–Crippen MR) is 79.3 cm³/mol. The molecule has 1 aromatic rings. The van der Waals surface area contributed by atoms with Gasteiger partial charge >= 0.3 is 0 Å². The highest BCUT2D eigenvalue weighted by molar-refractivity contribution is 5.97. The summed E-state index contributed by atoms with van der Waals surface area (Å²) in [6.45, 7) is 4.17. The molecular weight excluding hydrogens is 252 g/mol. The number of hydrogen-bond donors (Lipinski definition) is 0. The minimum absolute atomic E-state index is 0.0713. The van der Waals surface area contributed by atoms with Crippen molar-refractivity contribution < 1.29 is 9.53 Å². The van der Waals surface area contributed by atoms with Crippen LogP contribution in [0.3, 0.4) is 0 Å². The molecule has 2 aliphatic rings. The molecular formula is C16H22N2O2. The molecule has 1 atom stereocenters. The highest BCUT2D eigenvalue weighted by atomic mass is 16.5. The molecule has 0 radical (unpaired) electrons. The van der Waals surface area contributed by atoms with Crippen LogP contribution in [0.2, 0.25) is 0 Å². The van der Waals surface area contributed by atoms with Gasteiger partial charge in [-0.25, -0.2) is 0 Å². The lowest BCUT2D eigenvalue weighted by atomic mass is 10.1. The topological polar surface area (TPSA) is 32.8 Å². The summed E-state index contributed by atoms with van der Waals surface area (Å²) < 4.78 is 5.54. The Morgan fingerprint density at radius 3 is 3.00 bits per heavy atom. The normalized spacial score (nSPS) is 22.8. The third kappa shape index (κ3) is 2.52. The van der Waals surface area contributed by atoms with Gasteiger partial charge in [-0.3, -0.25) is 4.79 Å². The predicted octanol–water partition coefficient (Wildman–Crippen LogP) is 2.20. The van der Waals surface area contributed by atoms with E-state index in [1.54, 1.807) is 0 Å². The van der Waals surface area contributed by atoms with Gasteiger partial charge in [0.15, 0.2) is 6.61 Å². The van der Waals surface area contributed by atoms with Gasteiger partial charge in [0.2, 0.25) is 0 Å². The number of amides is 1. The van der Waals surface area contributed by atoms with Crippen molar-refractivity contribution in [3.63, 3.8) is 0 Å². The van der Waals surface area contributed by atoms with Crippen LogP contribution in [0.5, 0.6) is 5.75 Å². The largest absolute Gasteiger partial charge is 0.482 e. The van der Waals surface area contributed by atoms with E-state index in [9.17, 15) is 4.79 Å². The number of aryl methyl sites for hydroxylation is 1. The first-order valence-corrected chi connectivity index (χ1v) is 7.39. The number of likely N-dealkylation sites (tertiary alicyclic amines) is 1. The van der Waals surface area contributed by atoms with Gasteiger partial charge in [-0.15, -0.1) is 0 Å². The van der Waals surface area contributed by atoms with E-state index in [-0.39, 0.29) is 12.5 Å². The average Bonchev–Trinajstić information content (AvgIpc) is 2.83. The first-order chi connectivity index (χ1) is 9.65. The van der Waals surface area contributed by atoms with E-state index in [0.29, 0.717) is 6.04 Å². The highest BCUT2D eigenvalue weighted by Crippen LogP contribution is 2.33. The number of carbonyl (C=O) groups is 1. The van der Waals surface area contributed by atoms with E-state index < -0.39 is 0 Å². The molecule has 1 saturated heterocycles. The molecule has 2 heterocycles. The second kappa shape index (κ2) is 5.44. The molecule has 1 unspecified atom stereocenters. The third-order valence-electron chi connectivity index (χ3n) is 4.42. The lowest BCUT2D eigenvalue weighted by Crippen LogP contribution is -2.41. The van der Waals surface area contributed by atoms with Gasteiger partial charge in [-0.2, -0.15) is 0 Å². The first kappa shape index (κ1) is 13.4. The highest BCUT2D eigenvalue weighted by Gasteiger charge is 2.27. The maximum absolute atomic E-state index is 12.1. The molecule has 4 nitrogen and oxygen atoms in total. The zero-order valence-corrected chi connectivity index (χ0v) is 12.3. The Morgan fingerprint density at radius 2 is 2.25 bits per heavy atom. The van der Waals surface area contributed by atoms with Crippen molar-refractivity contribution in [1.29, 1.82) is 0 Å². The van der Waals surface area contributed by atoms with Crippen LogP contribution in [0.25, 0.3) is 0 Å². The van der Waals surface area contributed by atoms with Crippen LogP contribution in [0.15, 0.2) is 18.2 Å². The van der Waals surface area contributed by atoms with Crippen molar-refractivity contribution >= 4 is 11.6 Å². The molecule has 1 aromatic carbocycles. The number of anilines is 1. The summed E-state index contributed by atoms with van der Waals surface area (Å²) >= 11 is 0. The molecule has 0 bridgehead atoms. The molecule has 0 saturated carbocycles. The number of rotatable bonds is 3. The number of carbonyl (C=O) groups excluding carboxylic acids is 1. The van der Waals surface area contributed by atoms with E-state index in [4.69, 9.17) is 4.74 Å². The Hall–Kier alpha value is -1.55. The summed E-state index contributed by atoms with van der Waals surface area (Å²) in [5.74, 6) is 0.909. The van der Waals surface area contributed by atoms with Crippen molar-refractivity contribution in [1.82, 2.24) is 4.90 Å². The maximum atomic E-state index is 12.1. The quantitative estimate of drug-likeness (QED) is 0.847. The summed E-state index contributed by atoms with van der Waals surface area (Å²) in [6.07, 6.45) is 3.55. The van der Waals surface area contributed by atoms with Gasteiger partial charge in [-0.05, 0) is 57.5 Å². The number of fused-ring (bicyclic) bond motifs is 1. The second-order valence-electron chi connectivity index (χ2n) is 5.87. The molecule has 4 heteroatoms. The van der Waals surface area contributed by atoms with Gasteiger partial charge < -0.3 is 14.5 Å². The Balaban J connectivity index is 1.74. The van der Waals surface area contributed by atoms with Crippen LogP contribution >= 0.6 is 0 Å². The summed E-state index contributed by atoms with van der Waals surface area (Å²) in [7, 11) is 2.18. The molecule has 20 heavy (non-hydrogen) atoms. The lowest BCUT2D eigenvalue weighted by Gasteiger charge is -2.31. The lowest BCUT2D eigenvalue weighted by molar-refractivity contribution is -0.121. The molecule has 0 aromatic heterocycles. The number of ether oxygens (including phenoxy) is 1. The van der Waals surface area contributed by atoms with Crippen LogP contribution in [-0.2, 0) is 4.79 Å². The van der Waals surface area contributed by atoms with Crippen LogP contribution in [0, 0.1) is 6.92 Å². The van der Waals surface area contributed by atoms with Crippen molar-refractivity contribution in [2.24, 2.45) is 0 Å². The smallest absolute Gasteiger partial charge is 0.265 e. The van der Waals surface area contributed by atoms with Crippen LogP contribution in [0.1, 0.15) is 24.8 Å².